The number of anilines is 1. The second kappa shape index (κ2) is 7.88. The number of likely N-dealkylation sites (N-methyl/N-ethyl adjacent to an activating group) is 1. The van der Waals surface area contributed by atoms with Gasteiger partial charge in [0, 0.05) is 11.9 Å². The molecule has 8 nitrogen and oxygen atoms in total. The van der Waals surface area contributed by atoms with Crippen LogP contribution in [0.25, 0.3) is 10.9 Å². The van der Waals surface area contributed by atoms with Crippen molar-refractivity contribution in [1.29, 1.82) is 0 Å². The van der Waals surface area contributed by atoms with Gasteiger partial charge in [-0.15, -0.1) is 4.91 Å². The summed E-state index contributed by atoms with van der Waals surface area (Å²) in [6.07, 6.45) is 1.40. The van der Waals surface area contributed by atoms with Gasteiger partial charge in [0.25, 0.3) is 5.91 Å². The number of carbonyl (C=O) groups is 1. The minimum Gasteiger partial charge on any atom is -0.366 e. The molecule has 0 bridgehead atoms. The Morgan fingerprint density at radius 2 is 2.00 bits per heavy atom. The van der Waals surface area contributed by atoms with Crippen LogP contribution in [-0.4, -0.2) is 41.4 Å². The minimum absolute atomic E-state index is 0.156. The third-order valence-electron chi connectivity index (χ3n) is 4.17. The lowest BCUT2D eigenvalue weighted by atomic mass is 10.0. The Morgan fingerprint density at radius 1 is 1.22 bits per heavy atom. The van der Waals surface area contributed by atoms with Gasteiger partial charge in [-0.05, 0) is 49.1 Å². The monoisotopic (exact) mass is 364 g/mol. The molecule has 1 atom stereocenters. The molecule has 0 fully saturated rings. The van der Waals surface area contributed by atoms with Crippen molar-refractivity contribution >= 4 is 28.3 Å². The highest BCUT2D eigenvalue weighted by Crippen LogP contribution is 2.27. The summed E-state index contributed by atoms with van der Waals surface area (Å²) in [4.78, 5) is 33.2. The van der Waals surface area contributed by atoms with Crippen molar-refractivity contribution in [3.8, 4) is 0 Å². The number of nitrogens with one attached hydrogen (secondary N) is 1. The van der Waals surface area contributed by atoms with Crippen LogP contribution in [0.3, 0.4) is 0 Å². The van der Waals surface area contributed by atoms with Gasteiger partial charge in [-0.3, -0.25) is 4.79 Å². The number of benzene rings is 2. The van der Waals surface area contributed by atoms with Crippen LogP contribution >= 0.6 is 0 Å². The SMILES string of the molecule is CN(C)CC(Nc1ncnc2c(C(N)=O)cccc12)c1cccc(N=O)c1. The maximum Gasteiger partial charge on any atom is 0.250 e. The summed E-state index contributed by atoms with van der Waals surface area (Å²) in [7, 11) is 3.92. The van der Waals surface area contributed by atoms with Crippen molar-refractivity contribution in [1.82, 2.24) is 14.9 Å². The van der Waals surface area contributed by atoms with Gasteiger partial charge in [0.1, 0.15) is 17.8 Å². The number of para-hydroxylation sites is 1. The van der Waals surface area contributed by atoms with E-state index in [1.54, 1.807) is 30.3 Å². The first-order valence-corrected chi connectivity index (χ1v) is 8.37. The van der Waals surface area contributed by atoms with E-state index in [0.717, 1.165) is 5.56 Å². The fraction of sp³-hybridized carbons (Fsp3) is 0.211. The number of hydrogen-bond donors (Lipinski definition) is 2. The molecule has 0 aliphatic rings. The maximum atomic E-state index is 11.7. The van der Waals surface area contributed by atoms with Gasteiger partial charge in [-0.25, -0.2) is 9.97 Å². The Hall–Kier alpha value is -3.39. The van der Waals surface area contributed by atoms with Crippen LogP contribution in [0, 0.1) is 4.91 Å². The van der Waals surface area contributed by atoms with Gasteiger partial charge in [-0.1, -0.05) is 18.2 Å². The second-order valence-electron chi connectivity index (χ2n) is 6.43. The molecule has 3 aromatic rings. The second-order valence-corrected chi connectivity index (χ2v) is 6.43. The lowest BCUT2D eigenvalue weighted by molar-refractivity contribution is 0.100. The molecule has 1 heterocycles. The lowest BCUT2D eigenvalue weighted by Gasteiger charge is -2.24. The van der Waals surface area contributed by atoms with Crippen molar-refractivity contribution in [2.45, 2.75) is 6.04 Å². The van der Waals surface area contributed by atoms with E-state index in [-0.39, 0.29) is 6.04 Å². The van der Waals surface area contributed by atoms with Gasteiger partial charge in [0.15, 0.2) is 0 Å². The van der Waals surface area contributed by atoms with E-state index in [4.69, 9.17) is 5.73 Å². The molecule has 1 aromatic heterocycles. The summed E-state index contributed by atoms with van der Waals surface area (Å²) in [5.74, 6) is 0.0410. The van der Waals surface area contributed by atoms with Crippen LogP contribution in [-0.2, 0) is 0 Å². The molecule has 0 saturated carbocycles. The van der Waals surface area contributed by atoms with Crippen molar-refractivity contribution in [3.63, 3.8) is 0 Å². The van der Waals surface area contributed by atoms with Gasteiger partial charge in [0.2, 0.25) is 0 Å². The van der Waals surface area contributed by atoms with E-state index in [0.29, 0.717) is 34.5 Å². The molecule has 0 aliphatic carbocycles. The number of primary amides is 1. The predicted octanol–water partition coefficient (Wildman–Crippen LogP) is 2.84. The van der Waals surface area contributed by atoms with Gasteiger partial charge in [0.05, 0.1) is 17.1 Å². The van der Waals surface area contributed by atoms with Crippen LogP contribution in [0.5, 0.6) is 0 Å². The molecule has 3 rings (SSSR count). The highest BCUT2D eigenvalue weighted by Gasteiger charge is 2.17. The highest BCUT2D eigenvalue weighted by molar-refractivity contribution is 6.06. The fourth-order valence-electron chi connectivity index (χ4n) is 2.96. The minimum atomic E-state index is -0.542. The molecule has 0 spiro atoms. The van der Waals surface area contributed by atoms with Crippen LogP contribution in [0.2, 0.25) is 0 Å². The first-order valence-electron chi connectivity index (χ1n) is 8.37. The molecular weight excluding hydrogens is 344 g/mol. The molecule has 0 aliphatic heterocycles. The number of aromatic nitrogens is 2. The molecule has 0 radical (unpaired) electrons. The summed E-state index contributed by atoms with van der Waals surface area (Å²) >= 11 is 0. The van der Waals surface area contributed by atoms with Crippen molar-refractivity contribution in [3.05, 3.63) is 64.8 Å². The zero-order valence-electron chi connectivity index (χ0n) is 15.1. The zero-order chi connectivity index (χ0) is 19.4. The first-order chi connectivity index (χ1) is 13.0. The Morgan fingerprint density at radius 3 is 2.70 bits per heavy atom. The average molecular weight is 364 g/mol. The molecule has 1 amide bonds. The van der Waals surface area contributed by atoms with Crippen molar-refractivity contribution < 1.29 is 4.79 Å². The van der Waals surface area contributed by atoms with Crippen LogP contribution in [0.15, 0.2) is 54.0 Å². The molecular formula is C19H20N6O2. The third-order valence-corrected chi connectivity index (χ3v) is 4.17. The van der Waals surface area contributed by atoms with E-state index in [1.807, 2.05) is 31.1 Å². The van der Waals surface area contributed by atoms with E-state index >= 15 is 0 Å². The maximum absolute atomic E-state index is 11.7. The highest BCUT2D eigenvalue weighted by atomic mass is 16.3. The van der Waals surface area contributed by atoms with Gasteiger partial charge in [-0.2, -0.15) is 0 Å². The van der Waals surface area contributed by atoms with Crippen LogP contribution in [0.4, 0.5) is 11.5 Å². The number of carbonyl (C=O) groups excluding carboxylic acids is 1. The normalized spacial score (nSPS) is 12.1. The summed E-state index contributed by atoms with van der Waals surface area (Å²) in [5, 5.41) is 7.11. The Balaban J connectivity index is 2.04. The average Bonchev–Trinajstić information content (AvgIpc) is 2.66. The summed E-state index contributed by atoms with van der Waals surface area (Å²) in [6, 6.07) is 12.2. The third kappa shape index (κ3) is 4.06. The summed E-state index contributed by atoms with van der Waals surface area (Å²) in [5.41, 5.74) is 7.55. The number of nitrogens with zero attached hydrogens (tertiary/aromatic N) is 4. The first kappa shape index (κ1) is 18.4. The largest absolute Gasteiger partial charge is 0.366 e. The van der Waals surface area contributed by atoms with Gasteiger partial charge >= 0.3 is 0 Å². The topological polar surface area (TPSA) is 114 Å². The summed E-state index contributed by atoms with van der Waals surface area (Å²) < 4.78 is 0. The standard InChI is InChI=1S/C19H20N6O2/c1-25(2)10-16(12-5-3-6-13(9-12)24-27)23-19-15-8-4-7-14(18(20)26)17(15)21-11-22-19/h3-9,11,16H,10H2,1-2H3,(H2,20,26)(H,21,22,23). The van der Waals surface area contributed by atoms with Crippen molar-refractivity contribution in [2.24, 2.45) is 10.9 Å². The predicted molar refractivity (Wildman–Crippen MR) is 105 cm³/mol. The number of rotatable bonds is 7. The number of nitrogens with two attached hydrogens (primary N) is 1. The molecule has 8 heteroatoms. The number of nitroso groups, excluding NO2 is 1. The lowest BCUT2D eigenvalue weighted by Crippen LogP contribution is -2.26. The van der Waals surface area contributed by atoms with E-state index in [2.05, 4.69) is 20.5 Å². The summed E-state index contributed by atoms with van der Waals surface area (Å²) in [6.45, 7) is 0.656. The quantitative estimate of drug-likeness (QED) is 0.623. The van der Waals surface area contributed by atoms with Crippen molar-refractivity contribution in [2.75, 3.05) is 26.0 Å². The van der Waals surface area contributed by atoms with Gasteiger partial charge < -0.3 is 16.0 Å². The molecule has 3 N–H and O–H groups in total. The van der Waals surface area contributed by atoms with E-state index < -0.39 is 5.91 Å². The van der Waals surface area contributed by atoms with E-state index in [9.17, 15) is 9.70 Å². The molecule has 0 saturated heterocycles. The molecule has 2 aromatic carbocycles. The Labute approximate surface area is 156 Å². The van der Waals surface area contributed by atoms with E-state index in [1.165, 1.54) is 6.33 Å². The van der Waals surface area contributed by atoms with Crippen LogP contribution < -0.4 is 11.1 Å². The smallest absolute Gasteiger partial charge is 0.250 e. The zero-order valence-corrected chi connectivity index (χ0v) is 15.1. The molecule has 27 heavy (non-hydrogen) atoms. The Kier molecular flexibility index (Phi) is 5.37. The number of hydrogen-bond acceptors (Lipinski definition) is 7. The fourth-order valence-corrected chi connectivity index (χ4v) is 2.96. The number of fused-ring (bicyclic) bond motifs is 1. The molecule has 138 valence electrons. The van der Waals surface area contributed by atoms with Crippen LogP contribution in [0.1, 0.15) is 22.0 Å². The molecule has 1 unspecified atom stereocenters. The Bertz CT molecular complexity index is 989. The number of amides is 1.